The number of aliphatic hydroxyl groups excluding tert-OH is 2. The summed E-state index contributed by atoms with van der Waals surface area (Å²) in [5.74, 6) is 7.44. The van der Waals surface area contributed by atoms with Crippen molar-refractivity contribution in [3.8, 4) is 11.8 Å². The molecule has 0 amide bonds. The number of allylic oxidation sites excluding steroid dienone is 3. The van der Waals surface area contributed by atoms with E-state index in [0.717, 1.165) is 30.5 Å². The van der Waals surface area contributed by atoms with Gasteiger partial charge in [-0.3, -0.25) is 4.99 Å². The van der Waals surface area contributed by atoms with E-state index in [9.17, 15) is 20.4 Å². The average molecular weight is 599 g/mol. The van der Waals surface area contributed by atoms with Crippen molar-refractivity contribution >= 4 is 16.9 Å². The molecule has 5 aliphatic rings. The van der Waals surface area contributed by atoms with Crippen LogP contribution in [0.15, 0.2) is 59.1 Å². The third kappa shape index (κ3) is 4.80. The fraction of sp³-hybridized carbons (Fsp3) is 0.583. The van der Waals surface area contributed by atoms with Gasteiger partial charge in [0.05, 0.1) is 23.3 Å². The van der Waals surface area contributed by atoms with Gasteiger partial charge in [-0.1, -0.05) is 53.8 Å². The largest absolute Gasteiger partial charge is 0.396 e. The lowest BCUT2D eigenvalue weighted by Crippen LogP contribution is -2.53. The summed E-state index contributed by atoms with van der Waals surface area (Å²) in [5.41, 5.74) is 0.852. The Hall–Kier alpha value is -3.09. The van der Waals surface area contributed by atoms with Crippen molar-refractivity contribution in [1.29, 1.82) is 0 Å². The molecule has 0 saturated heterocycles. The molecular formula is C36H46N4O4. The van der Waals surface area contributed by atoms with E-state index < -0.39 is 23.3 Å². The highest BCUT2D eigenvalue weighted by Gasteiger charge is 2.66. The van der Waals surface area contributed by atoms with E-state index in [4.69, 9.17) is 0 Å². The van der Waals surface area contributed by atoms with E-state index in [-0.39, 0.29) is 42.1 Å². The van der Waals surface area contributed by atoms with Crippen LogP contribution in [0, 0.1) is 40.9 Å². The maximum Gasteiger partial charge on any atom is 0.191 e. The summed E-state index contributed by atoms with van der Waals surface area (Å²) in [5, 5.41) is 53.7. The van der Waals surface area contributed by atoms with Crippen molar-refractivity contribution < 1.29 is 20.4 Å². The lowest BCUT2D eigenvalue weighted by atomic mass is 9.53. The number of aliphatic imine (C=N–C) groups is 1. The first kappa shape index (κ1) is 29.6. The van der Waals surface area contributed by atoms with Gasteiger partial charge in [0, 0.05) is 55.6 Å². The molecule has 7 rings (SSSR count). The Morgan fingerprint density at radius 1 is 1.14 bits per heavy atom. The molecule has 234 valence electrons. The third-order valence-corrected chi connectivity index (χ3v) is 11.7. The molecule has 5 aliphatic carbocycles. The standard InChI is InChI=1S/C36H46N4O4/c1-37-33(38-15-6-16-41)40-27-13-12-24-8-4-9-25(18-28-17-23-7-2-3-11-31(23)39-28)35(24)22-30-29(19-32(42)36(30,44)21-27)34(43)14-5-10-26(35)20-34/h2-3,5,7,9-11,17,24,26-27,29-30,32,39,41-44H,4,6,8,14-16,18-22H2,1H3,(H2,37,38,40)/t24-,26-,27-,29+,30+,32-,34-,35-,36-/m1/s1. The van der Waals surface area contributed by atoms with Gasteiger partial charge in [-0.15, -0.1) is 0 Å². The van der Waals surface area contributed by atoms with Crippen LogP contribution in [-0.2, 0) is 6.42 Å². The second-order valence-electron chi connectivity index (χ2n) is 13.9. The third-order valence-electron chi connectivity index (χ3n) is 11.7. The van der Waals surface area contributed by atoms with Crippen LogP contribution in [0.1, 0.15) is 57.1 Å². The van der Waals surface area contributed by atoms with E-state index in [1.165, 1.54) is 11.0 Å². The first-order chi connectivity index (χ1) is 21.3. The number of hydrogen-bond acceptors (Lipinski definition) is 5. The molecular weight excluding hydrogens is 552 g/mol. The maximum atomic E-state index is 12.6. The summed E-state index contributed by atoms with van der Waals surface area (Å²) in [7, 11) is 1.70. The van der Waals surface area contributed by atoms with Gasteiger partial charge in [0.2, 0.25) is 0 Å². The number of aliphatic hydroxyl groups is 4. The van der Waals surface area contributed by atoms with Gasteiger partial charge in [-0.2, -0.15) is 0 Å². The highest BCUT2D eigenvalue weighted by molar-refractivity contribution is 5.81. The number of benzene rings is 1. The number of aromatic amines is 1. The topological polar surface area (TPSA) is 133 Å². The smallest absolute Gasteiger partial charge is 0.191 e. The number of nitrogens with one attached hydrogen (secondary N) is 3. The molecule has 0 radical (unpaired) electrons. The Bertz CT molecular complexity index is 1520. The molecule has 1 aromatic carbocycles. The molecule has 44 heavy (non-hydrogen) atoms. The zero-order chi connectivity index (χ0) is 30.5. The van der Waals surface area contributed by atoms with Gasteiger partial charge in [-0.05, 0) is 80.2 Å². The lowest BCUT2D eigenvalue weighted by Gasteiger charge is -2.50. The number of guanidine groups is 1. The zero-order valence-corrected chi connectivity index (χ0v) is 25.6. The van der Waals surface area contributed by atoms with E-state index in [1.54, 1.807) is 7.05 Å². The SMILES string of the molecule is CN=C(NCCCO)N[C@@H]1C#C[C@H]2CCC=C(Cc3cc4ccccc4[nH]3)[C@@]23C[C@H]2[C@H](C[C@@H](O)[C@@]2(O)C1)[C@@]1(O)CC=C[C@@H]3C1. The molecule has 9 atom stereocenters. The first-order valence-electron chi connectivity index (χ1n) is 16.4. The quantitative estimate of drug-likeness (QED) is 0.0899. The number of rotatable bonds is 6. The second kappa shape index (κ2) is 11.4. The van der Waals surface area contributed by atoms with Crippen LogP contribution >= 0.6 is 0 Å². The summed E-state index contributed by atoms with van der Waals surface area (Å²) >= 11 is 0. The van der Waals surface area contributed by atoms with Gasteiger partial charge < -0.3 is 36.0 Å². The van der Waals surface area contributed by atoms with Gasteiger partial charge in [0.1, 0.15) is 0 Å². The molecule has 0 aliphatic heterocycles. The normalized spacial score (nSPS) is 39.2. The summed E-state index contributed by atoms with van der Waals surface area (Å²) in [4.78, 5) is 8.02. The fourth-order valence-corrected chi connectivity index (χ4v) is 9.59. The number of H-pyrrole nitrogens is 1. The van der Waals surface area contributed by atoms with E-state index >= 15 is 0 Å². The molecule has 4 bridgehead atoms. The van der Waals surface area contributed by atoms with Crippen LogP contribution < -0.4 is 10.6 Å². The average Bonchev–Trinajstić information content (AvgIpc) is 3.53. The number of hydrogen-bond donors (Lipinski definition) is 7. The number of fused-ring (bicyclic) bond motifs is 4. The van der Waals surface area contributed by atoms with Crippen molar-refractivity contribution in [3.63, 3.8) is 0 Å². The summed E-state index contributed by atoms with van der Waals surface area (Å²) in [6.45, 7) is 0.640. The summed E-state index contributed by atoms with van der Waals surface area (Å²) in [6, 6.07) is 10.2. The van der Waals surface area contributed by atoms with Crippen molar-refractivity contribution in [2.24, 2.45) is 34.1 Å². The Balaban J connectivity index is 1.34. The van der Waals surface area contributed by atoms with Crippen molar-refractivity contribution in [3.05, 3.63) is 59.8 Å². The van der Waals surface area contributed by atoms with E-state index in [1.807, 2.05) is 0 Å². The molecule has 7 N–H and O–H groups in total. The molecule has 1 heterocycles. The predicted molar refractivity (Wildman–Crippen MR) is 172 cm³/mol. The van der Waals surface area contributed by atoms with Gasteiger partial charge in [0.15, 0.2) is 5.96 Å². The van der Waals surface area contributed by atoms with Gasteiger partial charge in [-0.25, -0.2) is 0 Å². The number of nitrogens with zero attached hydrogens (tertiary/aromatic N) is 1. The fourth-order valence-electron chi connectivity index (χ4n) is 9.59. The molecule has 1 aromatic heterocycles. The van der Waals surface area contributed by atoms with Crippen molar-refractivity contribution in [1.82, 2.24) is 15.6 Å². The van der Waals surface area contributed by atoms with Gasteiger partial charge >= 0.3 is 0 Å². The van der Waals surface area contributed by atoms with Crippen LogP contribution in [0.3, 0.4) is 0 Å². The molecule has 8 heteroatoms. The highest BCUT2D eigenvalue weighted by Crippen LogP contribution is 2.65. The first-order valence-corrected chi connectivity index (χ1v) is 16.4. The van der Waals surface area contributed by atoms with Crippen LogP contribution in [0.5, 0.6) is 0 Å². The lowest BCUT2D eigenvalue weighted by molar-refractivity contribution is -0.108. The summed E-state index contributed by atoms with van der Waals surface area (Å²) in [6.07, 6.45) is 11.6. The number of aromatic nitrogens is 1. The Kier molecular flexibility index (Phi) is 7.65. The Labute approximate surface area is 259 Å². The Morgan fingerprint density at radius 3 is 2.82 bits per heavy atom. The molecule has 2 saturated carbocycles. The van der Waals surface area contributed by atoms with Crippen LogP contribution in [0.4, 0.5) is 0 Å². The van der Waals surface area contributed by atoms with E-state index in [0.29, 0.717) is 44.6 Å². The van der Waals surface area contributed by atoms with Crippen LogP contribution in [0.25, 0.3) is 10.9 Å². The van der Waals surface area contributed by atoms with Crippen LogP contribution in [0.2, 0.25) is 0 Å². The molecule has 1 spiro atoms. The molecule has 2 fully saturated rings. The maximum absolute atomic E-state index is 12.6. The monoisotopic (exact) mass is 598 g/mol. The van der Waals surface area contributed by atoms with E-state index in [2.05, 4.69) is 81.0 Å². The molecule has 8 nitrogen and oxygen atoms in total. The molecule has 2 aromatic rings. The Morgan fingerprint density at radius 2 is 2.00 bits per heavy atom. The number of para-hydroxylation sites is 1. The van der Waals surface area contributed by atoms with Crippen molar-refractivity contribution in [2.45, 2.75) is 81.1 Å². The zero-order valence-electron chi connectivity index (χ0n) is 25.6. The minimum absolute atomic E-state index is 0.0383. The minimum atomic E-state index is -1.42. The van der Waals surface area contributed by atoms with Gasteiger partial charge in [0.25, 0.3) is 0 Å². The molecule has 0 unspecified atom stereocenters. The van der Waals surface area contributed by atoms with Crippen LogP contribution in [-0.4, -0.2) is 74.9 Å². The van der Waals surface area contributed by atoms with Crippen molar-refractivity contribution in [2.75, 3.05) is 20.2 Å². The summed E-state index contributed by atoms with van der Waals surface area (Å²) < 4.78 is 0. The second-order valence-corrected chi connectivity index (χ2v) is 13.9. The highest BCUT2D eigenvalue weighted by atomic mass is 16.3. The minimum Gasteiger partial charge on any atom is -0.396 e. The predicted octanol–water partition coefficient (Wildman–Crippen LogP) is 3.19.